The summed E-state index contributed by atoms with van der Waals surface area (Å²) in [6, 6.07) is 7.72. The predicted octanol–water partition coefficient (Wildman–Crippen LogP) is 4.69. The Bertz CT molecular complexity index is 574. The first kappa shape index (κ1) is 20.4. The van der Waals surface area contributed by atoms with Crippen molar-refractivity contribution in [2.75, 3.05) is 5.75 Å². The van der Waals surface area contributed by atoms with Crippen LogP contribution >= 0.6 is 22.6 Å². The highest BCUT2D eigenvalue weighted by molar-refractivity contribution is 14.1. The van der Waals surface area contributed by atoms with Crippen molar-refractivity contribution in [2.24, 2.45) is 5.10 Å². The minimum atomic E-state index is -3.31. The smallest absolute Gasteiger partial charge is 0.205 e. The Hall–Kier alpha value is -0.630. The number of hydrogen-bond acceptors (Lipinski definition) is 3. The Morgan fingerprint density at radius 3 is 2.39 bits per heavy atom. The zero-order chi connectivity index (χ0) is 17.0. The molecule has 4 nitrogen and oxygen atoms in total. The molecule has 0 saturated heterocycles. The standard InChI is InChI=1S/C17H27IN2O2S/c1-2-3-4-5-6-7-8-9-13-23(21,22)20-19-15-16-11-10-12-17(18)14-16/h10-12,14-15,20H,2-9,13H2,1H3/b19-15-. The summed E-state index contributed by atoms with van der Waals surface area (Å²) in [6.07, 6.45) is 10.6. The molecule has 1 aromatic carbocycles. The highest BCUT2D eigenvalue weighted by Crippen LogP contribution is 2.09. The molecule has 1 N–H and O–H groups in total. The maximum Gasteiger partial charge on any atom is 0.247 e. The van der Waals surface area contributed by atoms with E-state index in [1.165, 1.54) is 38.3 Å². The summed E-state index contributed by atoms with van der Waals surface area (Å²) in [4.78, 5) is 2.28. The second-order valence-electron chi connectivity index (χ2n) is 5.70. The molecule has 0 aliphatic heterocycles. The quantitative estimate of drug-likeness (QED) is 0.218. The van der Waals surface area contributed by atoms with Gasteiger partial charge in [-0.05, 0) is 46.7 Å². The van der Waals surface area contributed by atoms with E-state index in [4.69, 9.17) is 0 Å². The van der Waals surface area contributed by atoms with Gasteiger partial charge in [0.15, 0.2) is 0 Å². The number of unbranched alkanes of at least 4 members (excludes halogenated alkanes) is 7. The van der Waals surface area contributed by atoms with Crippen LogP contribution in [-0.4, -0.2) is 20.4 Å². The van der Waals surface area contributed by atoms with Crippen LogP contribution in [0, 0.1) is 3.57 Å². The van der Waals surface area contributed by atoms with Gasteiger partial charge in [-0.3, -0.25) is 0 Å². The molecule has 0 spiro atoms. The van der Waals surface area contributed by atoms with Crippen molar-refractivity contribution in [3.05, 3.63) is 33.4 Å². The van der Waals surface area contributed by atoms with Gasteiger partial charge in [0, 0.05) is 3.57 Å². The van der Waals surface area contributed by atoms with Crippen molar-refractivity contribution in [1.29, 1.82) is 0 Å². The Morgan fingerprint density at radius 1 is 1.09 bits per heavy atom. The lowest BCUT2D eigenvalue weighted by molar-refractivity contribution is 0.566. The Labute approximate surface area is 154 Å². The SMILES string of the molecule is CCCCCCCCCCS(=O)(=O)N/N=C\c1cccc(I)c1. The second kappa shape index (κ2) is 11.8. The Kier molecular flexibility index (Phi) is 10.5. The summed E-state index contributed by atoms with van der Waals surface area (Å²) >= 11 is 2.21. The largest absolute Gasteiger partial charge is 0.247 e. The minimum Gasteiger partial charge on any atom is -0.205 e. The zero-order valence-corrected chi connectivity index (χ0v) is 16.8. The van der Waals surface area contributed by atoms with Crippen LogP contribution in [0.1, 0.15) is 63.9 Å². The molecule has 1 aromatic rings. The average Bonchev–Trinajstić information content (AvgIpc) is 2.50. The molecule has 6 heteroatoms. The van der Waals surface area contributed by atoms with Crippen LogP contribution in [-0.2, 0) is 10.0 Å². The van der Waals surface area contributed by atoms with Crippen LogP contribution in [0.4, 0.5) is 0 Å². The minimum absolute atomic E-state index is 0.144. The van der Waals surface area contributed by atoms with E-state index in [9.17, 15) is 8.42 Å². The fraction of sp³-hybridized carbons (Fsp3) is 0.588. The molecule has 0 saturated carbocycles. The van der Waals surface area contributed by atoms with E-state index in [0.717, 1.165) is 22.0 Å². The van der Waals surface area contributed by atoms with Gasteiger partial charge < -0.3 is 0 Å². The van der Waals surface area contributed by atoms with E-state index in [1.807, 2.05) is 24.3 Å². The molecule has 0 radical (unpaired) electrons. The molecule has 0 unspecified atom stereocenters. The molecule has 0 atom stereocenters. The topological polar surface area (TPSA) is 58.5 Å². The molecule has 130 valence electrons. The number of halogens is 1. The summed E-state index contributed by atoms with van der Waals surface area (Å²) < 4.78 is 24.8. The summed E-state index contributed by atoms with van der Waals surface area (Å²) in [5, 5.41) is 3.84. The third-order valence-corrected chi connectivity index (χ3v) is 5.40. The van der Waals surface area contributed by atoms with Crippen molar-refractivity contribution >= 4 is 38.8 Å². The number of nitrogens with zero attached hydrogens (tertiary/aromatic N) is 1. The van der Waals surface area contributed by atoms with Crippen molar-refractivity contribution in [3.8, 4) is 0 Å². The monoisotopic (exact) mass is 450 g/mol. The Balaban J connectivity index is 2.18. The van der Waals surface area contributed by atoms with Crippen LogP contribution in [0.15, 0.2) is 29.4 Å². The first-order valence-electron chi connectivity index (χ1n) is 8.31. The van der Waals surface area contributed by atoms with Gasteiger partial charge >= 0.3 is 0 Å². The maximum atomic E-state index is 11.8. The molecule has 1 rings (SSSR count). The molecule has 0 bridgehead atoms. The van der Waals surface area contributed by atoms with E-state index in [0.29, 0.717) is 6.42 Å². The molecule has 23 heavy (non-hydrogen) atoms. The summed E-state index contributed by atoms with van der Waals surface area (Å²) in [6.45, 7) is 2.21. The van der Waals surface area contributed by atoms with Crippen LogP contribution < -0.4 is 4.83 Å². The lowest BCUT2D eigenvalue weighted by atomic mass is 10.1. The average molecular weight is 450 g/mol. The van der Waals surface area contributed by atoms with Gasteiger partial charge in [0.25, 0.3) is 0 Å². The van der Waals surface area contributed by atoms with Crippen LogP contribution in [0.25, 0.3) is 0 Å². The van der Waals surface area contributed by atoms with Gasteiger partial charge in [0.1, 0.15) is 0 Å². The summed E-state index contributed by atoms with van der Waals surface area (Å²) in [5.74, 6) is 0.144. The number of hydrogen-bond donors (Lipinski definition) is 1. The Morgan fingerprint density at radius 2 is 1.74 bits per heavy atom. The van der Waals surface area contributed by atoms with E-state index in [1.54, 1.807) is 0 Å². The maximum absolute atomic E-state index is 11.8. The van der Waals surface area contributed by atoms with Crippen LogP contribution in [0.2, 0.25) is 0 Å². The molecule has 0 aliphatic rings. The van der Waals surface area contributed by atoms with E-state index >= 15 is 0 Å². The number of sulfonamides is 1. The van der Waals surface area contributed by atoms with Crippen molar-refractivity contribution in [2.45, 2.75) is 58.3 Å². The van der Waals surface area contributed by atoms with Crippen molar-refractivity contribution < 1.29 is 8.42 Å². The normalized spacial score (nSPS) is 11.9. The second-order valence-corrected chi connectivity index (χ2v) is 8.76. The van der Waals surface area contributed by atoms with Gasteiger partial charge in [-0.1, -0.05) is 64.0 Å². The van der Waals surface area contributed by atoms with Gasteiger partial charge in [-0.2, -0.15) is 5.10 Å². The van der Waals surface area contributed by atoms with Crippen molar-refractivity contribution in [1.82, 2.24) is 4.83 Å². The van der Waals surface area contributed by atoms with Gasteiger partial charge in [0.2, 0.25) is 10.0 Å². The number of benzene rings is 1. The molecule has 0 aliphatic carbocycles. The molecule has 0 fully saturated rings. The lowest BCUT2D eigenvalue weighted by Crippen LogP contribution is -2.21. The fourth-order valence-electron chi connectivity index (χ4n) is 2.24. The fourth-order valence-corrected chi connectivity index (χ4v) is 3.70. The predicted molar refractivity (Wildman–Crippen MR) is 106 cm³/mol. The number of hydrazone groups is 1. The number of rotatable bonds is 12. The third-order valence-electron chi connectivity index (χ3n) is 3.52. The molecular formula is C17H27IN2O2S. The molecule has 0 aromatic heterocycles. The van der Waals surface area contributed by atoms with Gasteiger partial charge in [-0.15, -0.1) is 0 Å². The first-order chi connectivity index (χ1) is 11.0. The van der Waals surface area contributed by atoms with E-state index < -0.39 is 10.0 Å². The molecule has 0 heterocycles. The van der Waals surface area contributed by atoms with E-state index in [2.05, 4.69) is 39.4 Å². The van der Waals surface area contributed by atoms with E-state index in [-0.39, 0.29) is 5.75 Å². The molecule has 0 amide bonds. The third kappa shape index (κ3) is 10.7. The zero-order valence-electron chi connectivity index (χ0n) is 13.8. The summed E-state index contributed by atoms with van der Waals surface area (Å²) in [7, 11) is -3.31. The van der Waals surface area contributed by atoms with Crippen molar-refractivity contribution in [3.63, 3.8) is 0 Å². The number of nitrogens with one attached hydrogen (secondary N) is 1. The lowest BCUT2D eigenvalue weighted by Gasteiger charge is -2.04. The summed E-state index contributed by atoms with van der Waals surface area (Å²) in [5.41, 5.74) is 0.881. The molecular weight excluding hydrogens is 423 g/mol. The highest BCUT2D eigenvalue weighted by Gasteiger charge is 2.07. The van der Waals surface area contributed by atoms with Gasteiger partial charge in [0.05, 0.1) is 12.0 Å². The van der Waals surface area contributed by atoms with Gasteiger partial charge in [-0.25, -0.2) is 13.2 Å². The first-order valence-corrected chi connectivity index (χ1v) is 11.0. The highest BCUT2D eigenvalue weighted by atomic mass is 127. The van der Waals surface area contributed by atoms with Crippen LogP contribution in [0.3, 0.4) is 0 Å². The van der Waals surface area contributed by atoms with Crippen LogP contribution in [0.5, 0.6) is 0 Å².